The van der Waals surface area contributed by atoms with E-state index in [0.29, 0.717) is 10.7 Å². The van der Waals surface area contributed by atoms with Crippen LogP contribution in [0, 0.1) is 0 Å². The van der Waals surface area contributed by atoms with Gasteiger partial charge < -0.3 is 0 Å². The molecule has 0 atom stereocenters. The van der Waals surface area contributed by atoms with E-state index in [-0.39, 0.29) is 10.9 Å². The van der Waals surface area contributed by atoms with Crippen molar-refractivity contribution in [3.63, 3.8) is 0 Å². The van der Waals surface area contributed by atoms with Crippen LogP contribution in [0.1, 0.15) is 47.3 Å². The van der Waals surface area contributed by atoms with Gasteiger partial charge in [0.15, 0.2) is 0 Å². The number of nitrogens with zero attached hydrogens (tertiary/aromatic N) is 4. The Morgan fingerprint density at radius 1 is 1.11 bits per heavy atom. The molecule has 2 aromatic carbocycles. The van der Waals surface area contributed by atoms with Gasteiger partial charge in [0, 0.05) is 28.0 Å². The molecule has 2 heterocycles. The van der Waals surface area contributed by atoms with Gasteiger partial charge in [0.05, 0.1) is 21.3 Å². The maximum Gasteiger partial charge on any atom is 0.280 e. The second-order valence-electron chi connectivity index (χ2n) is 8.82. The number of rotatable bonds is 7. The van der Waals surface area contributed by atoms with Crippen LogP contribution in [0.2, 0.25) is 0 Å². The van der Waals surface area contributed by atoms with E-state index in [1.165, 1.54) is 44.1 Å². The number of anilines is 1. The van der Waals surface area contributed by atoms with Crippen molar-refractivity contribution < 1.29 is 13.2 Å². The van der Waals surface area contributed by atoms with Crippen LogP contribution in [-0.4, -0.2) is 42.9 Å². The van der Waals surface area contributed by atoms with Gasteiger partial charge in [-0.2, -0.15) is 14.4 Å². The third-order valence-electron chi connectivity index (χ3n) is 6.42. The van der Waals surface area contributed by atoms with Crippen LogP contribution in [0.4, 0.5) is 5.13 Å². The van der Waals surface area contributed by atoms with E-state index in [1.54, 1.807) is 25.4 Å². The molecule has 1 fully saturated rings. The van der Waals surface area contributed by atoms with Crippen molar-refractivity contribution in [2.75, 3.05) is 12.1 Å². The molecule has 1 saturated carbocycles. The molecule has 192 valence electrons. The smallest absolute Gasteiger partial charge is 0.267 e. The molecule has 1 aliphatic rings. The van der Waals surface area contributed by atoms with Crippen LogP contribution in [0.15, 0.2) is 74.4 Å². The Morgan fingerprint density at radius 2 is 1.86 bits per heavy atom. The summed E-state index contributed by atoms with van der Waals surface area (Å²) in [5.74, 6) is -0.393. The number of halogens is 1. The summed E-state index contributed by atoms with van der Waals surface area (Å²) >= 11 is 6.35. The van der Waals surface area contributed by atoms with Crippen molar-refractivity contribution >= 4 is 76.1 Å². The standard InChI is InChI=1S/C26H25BrN4O3S3/c1-30(20-6-3-2-4-7-20)37(33,34)22-12-9-18(10-13-22)25(32)31(28-17-21-8-5-15-35-21)26-29-23-14-11-19(27)16-24(23)36-26/h5,8-17,20H,2-4,6-7H2,1H3/b28-17+. The summed E-state index contributed by atoms with van der Waals surface area (Å²) in [6, 6.07) is 15.7. The topological polar surface area (TPSA) is 82.9 Å². The molecule has 0 bridgehead atoms. The van der Waals surface area contributed by atoms with Gasteiger partial charge in [-0.15, -0.1) is 11.3 Å². The number of carbonyl (C=O) groups excluding carboxylic acids is 1. The molecule has 0 saturated heterocycles. The summed E-state index contributed by atoms with van der Waals surface area (Å²) < 4.78 is 29.8. The lowest BCUT2D eigenvalue weighted by atomic mass is 9.96. The largest absolute Gasteiger partial charge is 0.280 e. The van der Waals surface area contributed by atoms with E-state index < -0.39 is 15.9 Å². The first-order valence-electron chi connectivity index (χ1n) is 11.9. The first-order chi connectivity index (χ1) is 17.8. The van der Waals surface area contributed by atoms with Gasteiger partial charge >= 0.3 is 0 Å². The van der Waals surface area contributed by atoms with Crippen LogP contribution in [-0.2, 0) is 10.0 Å². The zero-order valence-electron chi connectivity index (χ0n) is 20.1. The Labute approximate surface area is 232 Å². The quantitative estimate of drug-likeness (QED) is 0.170. The van der Waals surface area contributed by atoms with Gasteiger partial charge in [0.1, 0.15) is 0 Å². The highest BCUT2D eigenvalue weighted by atomic mass is 79.9. The predicted octanol–water partition coefficient (Wildman–Crippen LogP) is 6.75. The highest BCUT2D eigenvalue weighted by molar-refractivity contribution is 9.10. The van der Waals surface area contributed by atoms with Crippen molar-refractivity contribution in [2.24, 2.45) is 5.10 Å². The molecular formula is C26H25BrN4O3S3. The molecule has 2 aromatic heterocycles. The molecule has 0 unspecified atom stereocenters. The zero-order chi connectivity index (χ0) is 26.0. The number of amides is 1. The lowest BCUT2D eigenvalue weighted by molar-refractivity contribution is 0.0987. The summed E-state index contributed by atoms with van der Waals surface area (Å²) in [4.78, 5) is 19.3. The number of aromatic nitrogens is 1. The second kappa shape index (κ2) is 11.1. The summed E-state index contributed by atoms with van der Waals surface area (Å²) in [5, 5.41) is 8.11. The van der Waals surface area contributed by atoms with Crippen molar-refractivity contribution in [1.29, 1.82) is 0 Å². The highest BCUT2D eigenvalue weighted by Crippen LogP contribution is 2.32. The Kier molecular flexibility index (Phi) is 7.87. The third-order valence-corrected chi connectivity index (χ3v) is 10.6. The van der Waals surface area contributed by atoms with Crippen LogP contribution < -0.4 is 5.01 Å². The lowest BCUT2D eigenvalue weighted by Gasteiger charge is -2.30. The SMILES string of the molecule is CN(C1CCCCC1)S(=O)(=O)c1ccc(C(=O)N(/N=C/c2cccs2)c2nc3ccc(Br)cc3s2)cc1. The number of hydrazone groups is 1. The van der Waals surface area contributed by atoms with Gasteiger partial charge in [-0.3, -0.25) is 4.79 Å². The summed E-state index contributed by atoms with van der Waals surface area (Å²) in [6.45, 7) is 0. The first-order valence-corrected chi connectivity index (χ1v) is 15.8. The summed E-state index contributed by atoms with van der Waals surface area (Å²) in [5.41, 5.74) is 1.09. The third kappa shape index (κ3) is 5.70. The molecule has 0 aliphatic heterocycles. The maximum absolute atomic E-state index is 13.6. The molecule has 11 heteroatoms. The molecule has 1 amide bonds. The van der Waals surface area contributed by atoms with E-state index in [4.69, 9.17) is 0 Å². The minimum atomic E-state index is -3.65. The zero-order valence-corrected chi connectivity index (χ0v) is 24.1. The fourth-order valence-corrected chi connectivity index (χ4v) is 7.81. The van der Waals surface area contributed by atoms with Gasteiger partial charge in [0.25, 0.3) is 5.91 Å². The monoisotopic (exact) mass is 616 g/mol. The van der Waals surface area contributed by atoms with Crippen LogP contribution >= 0.6 is 38.6 Å². The molecule has 0 N–H and O–H groups in total. The average molecular weight is 618 g/mol. The normalized spacial score (nSPS) is 15.1. The number of thiazole rings is 1. The van der Waals surface area contributed by atoms with Crippen molar-refractivity contribution in [2.45, 2.75) is 43.0 Å². The van der Waals surface area contributed by atoms with Crippen LogP contribution in [0.3, 0.4) is 0 Å². The molecular weight excluding hydrogens is 592 g/mol. The molecule has 37 heavy (non-hydrogen) atoms. The van der Waals surface area contributed by atoms with Gasteiger partial charge in [-0.25, -0.2) is 13.4 Å². The maximum atomic E-state index is 13.6. The minimum absolute atomic E-state index is 0.0150. The number of hydrogen-bond donors (Lipinski definition) is 0. The lowest BCUT2D eigenvalue weighted by Crippen LogP contribution is -2.38. The number of fused-ring (bicyclic) bond motifs is 1. The molecule has 1 aliphatic carbocycles. The molecule has 7 nitrogen and oxygen atoms in total. The number of benzene rings is 2. The summed E-state index contributed by atoms with van der Waals surface area (Å²) in [7, 11) is -2.00. The van der Waals surface area contributed by atoms with Gasteiger partial charge in [-0.05, 0) is 66.8 Å². The Balaban J connectivity index is 1.44. The Hall–Kier alpha value is -2.44. The average Bonchev–Trinajstić information content (AvgIpc) is 3.58. The molecule has 5 rings (SSSR count). The van der Waals surface area contributed by atoms with Crippen LogP contribution in [0.25, 0.3) is 10.2 Å². The minimum Gasteiger partial charge on any atom is -0.267 e. The van der Waals surface area contributed by atoms with Crippen molar-refractivity contribution in [3.05, 3.63) is 74.9 Å². The van der Waals surface area contributed by atoms with Gasteiger partial charge in [0.2, 0.25) is 15.2 Å². The van der Waals surface area contributed by atoms with E-state index in [1.807, 2.05) is 35.7 Å². The van der Waals surface area contributed by atoms with Crippen molar-refractivity contribution in [1.82, 2.24) is 9.29 Å². The summed E-state index contributed by atoms with van der Waals surface area (Å²) in [6.07, 6.45) is 6.62. The number of thiophene rings is 1. The van der Waals surface area contributed by atoms with Crippen LogP contribution in [0.5, 0.6) is 0 Å². The predicted molar refractivity (Wildman–Crippen MR) is 154 cm³/mol. The van der Waals surface area contributed by atoms with E-state index in [2.05, 4.69) is 26.0 Å². The fourth-order valence-electron chi connectivity index (χ4n) is 4.34. The van der Waals surface area contributed by atoms with Crippen molar-refractivity contribution in [3.8, 4) is 0 Å². The number of carbonyl (C=O) groups is 1. The Bertz CT molecular complexity index is 1530. The molecule has 0 spiro atoms. The number of sulfonamides is 1. The fraction of sp³-hybridized carbons (Fsp3) is 0.269. The Morgan fingerprint density at radius 3 is 2.57 bits per heavy atom. The highest BCUT2D eigenvalue weighted by Gasteiger charge is 2.29. The molecule has 4 aromatic rings. The van der Waals surface area contributed by atoms with E-state index in [0.717, 1.165) is 51.7 Å². The second-order valence-corrected chi connectivity index (χ2v) is 13.7. The first kappa shape index (κ1) is 26.2. The van der Waals surface area contributed by atoms with Gasteiger partial charge in [-0.1, -0.05) is 52.6 Å². The van der Waals surface area contributed by atoms with E-state index >= 15 is 0 Å². The molecule has 0 radical (unpaired) electrons. The number of hydrogen-bond acceptors (Lipinski definition) is 7. The van der Waals surface area contributed by atoms with E-state index in [9.17, 15) is 13.2 Å².